The fourth-order valence-corrected chi connectivity index (χ4v) is 1.64. The van der Waals surface area contributed by atoms with E-state index < -0.39 is 17.5 Å². The zero-order chi connectivity index (χ0) is 14.7. The summed E-state index contributed by atoms with van der Waals surface area (Å²) in [5.41, 5.74) is 0.883. The van der Waals surface area contributed by atoms with E-state index in [0.29, 0.717) is 16.7 Å². The van der Waals surface area contributed by atoms with Crippen molar-refractivity contribution in [3.8, 4) is 0 Å². The number of aryl methyl sites for hydroxylation is 1. The number of carboxylic acids is 2. The predicted molar refractivity (Wildman–Crippen MR) is 71.3 cm³/mol. The molecule has 0 bridgehead atoms. The highest BCUT2D eigenvalue weighted by Crippen LogP contribution is 2.20. The average molecular weight is 273 g/mol. The molecule has 2 rings (SSSR count). The van der Waals surface area contributed by atoms with Crippen LogP contribution in [0.3, 0.4) is 0 Å². The molecule has 7 nitrogen and oxygen atoms in total. The molecule has 1 aromatic heterocycles. The first-order valence-electron chi connectivity index (χ1n) is 5.63. The van der Waals surface area contributed by atoms with Crippen LogP contribution in [0.5, 0.6) is 0 Å². The Kier molecular flexibility index (Phi) is 3.60. The summed E-state index contributed by atoms with van der Waals surface area (Å²) >= 11 is 0. The minimum Gasteiger partial charge on any atom is -0.477 e. The number of rotatable bonds is 4. The van der Waals surface area contributed by atoms with Gasteiger partial charge in [-0.25, -0.2) is 19.6 Å². The molecule has 0 spiro atoms. The summed E-state index contributed by atoms with van der Waals surface area (Å²) in [5.74, 6) is -2.71. The number of aromatic nitrogens is 2. The Bertz CT molecular complexity index is 709. The number of hydrogen-bond donors (Lipinski definition) is 3. The van der Waals surface area contributed by atoms with Gasteiger partial charge in [0.1, 0.15) is 12.1 Å². The second-order valence-corrected chi connectivity index (χ2v) is 4.06. The monoisotopic (exact) mass is 273 g/mol. The van der Waals surface area contributed by atoms with Gasteiger partial charge in [-0.2, -0.15) is 0 Å². The van der Waals surface area contributed by atoms with E-state index in [1.54, 1.807) is 6.07 Å². The van der Waals surface area contributed by atoms with Gasteiger partial charge in [0.05, 0.1) is 5.52 Å². The Morgan fingerprint density at radius 2 is 1.90 bits per heavy atom. The molecule has 0 aliphatic rings. The van der Waals surface area contributed by atoms with Crippen molar-refractivity contribution in [2.45, 2.75) is 6.92 Å². The fourth-order valence-electron chi connectivity index (χ4n) is 1.64. The molecule has 3 N–H and O–H groups in total. The highest BCUT2D eigenvalue weighted by Gasteiger charge is 2.16. The molecule has 0 saturated heterocycles. The van der Waals surface area contributed by atoms with E-state index in [-0.39, 0.29) is 0 Å². The normalized spacial score (nSPS) is 10.1. The van der Waals surface area contributed by atoms with Crippen LogP contribution in [0.2, 0.25) is 0 Å². The van der Waals surface area contributed by atoms with Crippen LogP contribution in [0.1, 0.15) is 5.56 Å². The molecule has 0 radical (unpaired) electrons. The van der Waals surface area contributed by atoms with E-state index in [0.717, 1.165) is 11.8 Å². The van der Waals surface area contributed by atoms with Gasteiger partial charge in [-0.1, -0.05) is 11.6 Å². The van der Waals surface area contributed by atoms with Gasteiger partial charge in [-0.05, 0) is 19.1 Å². The number of fused-ring (bicyclic) bond motifs is 1. The van der Waals surface area contributed by atoms with Crippen LogP contribution in [0, 0.1) is 6.92 Å². The molecule has 0 aliphatic heterocycles. The molecule has 1 heterocycles. The van der Waals surface area contributed by atoms with E-state index in [1.165, 1.54) is 6.33 Å². The minimum atomic E-state index is -1.53. The van der Waals surface area contributed by atoms with Gasteiger partial charge in [0.25, 0.3) is 0 Å². The summed E-state index contributed by atoms with van der Waals surface area (Å²) in [6.45, 7) is 1.89. The van der Waals surface area contributed by atoms with Crippen molar-refractivity contribution >= 4 is 28.7 Å². The first kappa shape index (κ1) is 13.5. The maximum Gasteiger partial charge on any atom is 0.344 e. The lowest BCUT2D eigenvalue weighted by Crippen LogP contribution is -2.13. The molecule has 0 unspecified atom stereocenters. The van der Waals surface area contributed by atoms with Crippen LogP contribution in [-0.4, -0.2) is 32.1 Å². The number of aliphatic carboxylic acids is 2. The second kappa shape index (κ2) is 5.35. The number of hydrogen-bond acceptors (Lipinski definition) is 5. The third-order valence-corrected chi connectivity index (χ3v) is 2.60. The van der Waals surface area contributed by atoms with Crippen molar-refractivity contribution in [1.82, 2.24) is 9.97 Å². The van der Waals surface area contributed by atoms with Crippen LogP contribution in [0.15, 0.2) is 36.3 Å². The maximum absolute atomic E-state index is 10.8. The van der Waals surface area contributed by atoms with Gasteiger partial charge in [0, 0.05) is 11.6 Å². The number of nitrogens with one attached hydrogen (secondary N) is 1. The number of nitrogens with zero attached hydrogens (tertiary/aromatic N) is 2. The maximum atomic E-state index is 10.8. The lowest BCUT2D eigenvalue weighted by Gasteiger charge is -2.05. The quantitative estimate of drug-likeness (QED) is 0.438. The van der Waals surface area contributed by atoms with Crippen molar-refractivity contribution in [3.63, 3.8) is 0 Å². The summed E-state index contributed by atoms with van der Waals surface area (Å²) in [5, 5.41) is 20.8. The van der Waals surface area contributed by atoms with E-state index in [4.69, 9.17) is 10.2 Å². The van der Waals surface area contributed by atoms with Crippen molar-refractivity contribution in [2.75, 3.05) is 5.32 Å². The Morgan fingerprint density at radius 1 is 1.20 bits per heavy atom. The van der Waals surface area contributed by atoms with E-state index >= 15 is 0 Å². The lowest BCUT2D eigenvalue weighted by molar-refractivity contribution is -0.140. The Morgan fingerprint density at radius 3 is 2.55 bits per heavy atom. The van der Waals surface area contributed by atoms with Crippen molar-refractivity contribution < 1.29 is 19.8 Å². The molecule has 0 saturated carbocycles. The van der Waals surface area contributed by atoms with Crippen LogP contribution in [-0.2, 0) is 9.59 Å². The standard InChI is InChI=1S/C13H11N3O4/c1-7-2-3-10-8(4-7)11(16-6-15-10)14-5-9(12(17)18)13(19)20/h2-6H,1H3,(H,17,18)(H,19,20)(H,14,15,16). The molecule has 0 amide bonds. The molecule has 1 aromatic carbocycles. The van der Waals surface area contributed by atoms with Crippen LogP contribution in [0.25, 0.3) is 10.9 Å². The Hall–Kier alpha value is -2.96. The van der Waals surface area contributed by atoms with Gasteiger partial charge in [-0.15, -0.1) is 0 Å². The average Bonchev–Trinajstić information content (AvgIpc) is 2.38. The zero-order valence-electron chi connectivity index (χ0n) is 10.5. The van der Waals surface area contributed by atoms with E-state index in [1.807, 2.05) is 19.1 Å². The van der Waals surface area contributed by atoms with Crippen LogP contribution < -0.4 is 5.32 Å². The third kappa shape index (κ3) is 2.72. The van der Waals surface area contributed by atoms with Gasteiger partial charge in [-0.3, -0.25) is 0 Å². The molecule has 0 fully saturated rings. The fraction of sp³-hybridized carbons (Fsp3) is 0.0769. The Labute approximate surface area is 113 Å². The third-order valence-electron chi connectivity index (χ3n) is 2.60. The van der Waals surface area contributed by atoms with Crippen molar-refractivity contribution in [3.05, 3.63) is 41.9 Å². The Balaban J connectivity index is 2.44. The van der Waals surface area contributed by atoms with Crippen LogP contribution >= 0.6 is 0 Å². The van der Waals surface area contributed by atoms with E-state index in [2.05, 4.69) is 15.3 Å². The molecular formula is C13H11N3O4. The van der Waals surface area contributed by atoms with Crippen LogP contribution in [0.4, 0.5) is 5.82 Å². The number of carbonyl (C=O) groups is 2. The number of anilines is 1. The largest absolute Gasteiger partial charge is 0.477 e. The molecular weight excluding hydrogens is 262 g/mol. The predicted octanol–water partition coefficient (Wildman–Crippen LogP) is 1.40. The minimum absolute atomic E-state index is 0.346. The van der Waals surface area contributed by atoms with Crippen molar-refractivity contribution in [1.29, 1.82) is 0 Å². The number of benzene rings is 1. The zero-order valence-corrected chi connectivity index (χ0v) is 10.5. The van der Waals surface area contributed by atoms with Gasteiger partial charge in [0.2, 0.25) is 0 Å². The summed E-state index contributed by atoms with van der Waals surface area (Å²) < 4.78 is 0. The SMILES string of the molecule is Cc1ccc2ncnc(NC=C(C(=O)O)C(=O)O)c2c1. The highest BCUT2D eigenvalue weighted by molar-refractivity contribution is 6.12. The highest BCUT2D eigenvalue weighted by atomic mass is 16.4. The van der Waals surface area contributed by atoms with Gasteiger partial charge < -0.3 is 15.5 Å². The van der Waals surface area contributed by atoms with Gasteiger partial charge >= 0.3 is 11.9 Å². The molecule has 0 aliphatic carbocycles. The lowest BCUT2D eigenvalue weighted by atomic mass is 10.1. The summed E-state index contributed by atoms with van der Waals surface area (Å²) in [7, 11) is 0. The van der Waals surface area contributed by atoms with E-state index in [9.17, 15) is 9.59 Å². The number of carboxylic acid groups (broad SMARTS) is 2. The molecule has 0 atom stereocenters. The first-order chi connectivity index (χ1) is 9.49. The second-order valence-electron chi connectivity index (χ2n) is 4.06. The first-order valence-corrected chi connectivity index (χ1v) is 5.63. The molecule has 2 aromatic rings. The molecule has 20 heavy (non-hydrogen) atoms. The summed E-state index contributed by atoms with van der Waals surface area (Å²) in [4.78, 5) is 29.6. The summed E-state index contributed by atoms with van der Waals surface area (Å²) in [6, 6.07) is 5.51. The molecule has 7 heteroatoms. The van der Waals surface area contributed by atoms with Gasteiger partial charge in [0.15, 0.2) is 5.57 Å². The molecule has 102 valence electrons. The summed E-state index contributed by atoms with van der Waals surface area (Å²) in [6.07, 6.45) is 2.21. The van der Waals surface area contributed by atoms with Crippen molar-refractivity contribution in [2.24, 2.45) is 0 Å². The topological polar surface area (TPSA) is 112 Å². The smallest absolute Gasteiger partial charge is 0.344 e.